The van der Waals surface area contributed by atoms with Crippen molar-refractivity contribution in [3.8, 4) is 0 Å². The maximum Gasteiger partial charge on any atom is 0.248 e. The normalized spacial score (nSPS) is 11.6. The number of halogens is 2. The molecule has 0 aliphatic carbocycles. The Labute approximate surface area is 138 Å². The molecule has 1 amide bonds. The summed E-state index contributed by atoms with van der Waals surface area (Å²) in [4.78, 5) is 12.0. The van der Waals surface area contributed by atoms with Crippen molar-refractivity contribution in [3.05, 3.63) is 64.9 Å². The van der Waals surface area contributed by atoms with Crippen LogP contribution in [0.3, 0.4) is 0 Å². The molecule has 0 fully saturated rings. The van der Waals surface area contributed by atoms with Crippen LogP contribution in [0.5, 0.6) is 0 Å². The van der Waals surface area contributed by atoms with E-state index in [4.69, 9.17) is 11.6 Å². The van der Waals surface area contributed by atoms with E-state index < -0.39 is 21.6 Å². The van der Waals surface area contributed by atoms with E-state index in [0.717, 1.165) is 12.3 Å². The molecule has 0 saturated carbocycles. The van der Waals surface area contributed by atoms with Gasteiger partial charge in [-0.15, -0.1) is 0 Å². The van der Waals surface area contributed by atoms with Gasteiger partial charge >= 0.3 is 0 Å². The van der Waals surface area contributed by atoms with Crippen LogP contribution in [0.2, 0.25) is 5.02 Å². The number of hydrogen-bond donors (Lipinski definition) is 1. The Balaban J connectivity index is 2.16. The standard InChI is InChI=1S/C16H13ClFNO3S/c1-23(21,22)12-5-2-4-11(10-12)19-16(20)9-8-13-14(17)6-3-7-15(13)18/h2-10H,1H3,(H,19,20)/b9-8+. The van der Waals surface area contributed by atoms with Gasteiger partial charge in [0.25, 0.3) is 0 Å². The minimum atomic E-state index is -3.36. The lowest BCUT2D eigenvalue weighted by Crippen LogP contribution is -2.08. The number of amides is 1. The third-order valence-electron chi connectivity index (χ3n) is 2.93. The Morgan fingerprint density at radius 3 is 2.57 bits per heavy atom. The summed E-state index contributed by atoms with van der Waals surface area (Å²) in [5.74, 6) is -1.07. The zero-order valence-corrected chi connectivity index (χ0v) is 13.7. The van der Waals surface area contributed by atoms with Crippen LogP contribution in [0.25, 0.3) is 6.08 Å². The Kier molecular flexibility index (Phi) is 5.18. The molecule has 4 nitrogen and oxygen atoms in total. The van der Waals surface area contributed by atoms with E-state index in [-0.39, 0.29) is 15.5 Å². The number of carbonyl (C=O) groups excluding carboxylic acids is 1. The quantitative estimate of drug-likeness (QED) is 0.855. The molecule has 2 aromatic carbocycles. The predicted octanol–water partition coefficient (Wildman–Crippen LogP) is 3.53. The highest BCUT2D eigenvalue weighted by atomic mass is 35.5. The van der Waals surface area contributed by atoms with E-state index >= 15 is 0 Å². The zero-order chi connectivity index (χ0) is 17.0. The fourth-order valence-corrected chi connectivity index (χ4v) is 2.71. The van der Waals surface area contributed by atoms with Crippen LogP contribution in [-0.2, 0) is 14.6 Å². The number of hydrogen-bond acceptors (Lipinski definition) is 3. The summed E-state index contributed by atoms with van der Waals surface area (Å²) in [6, 6.07) is 10.1. The molecule has 0 bridgehead atoms. The third kappa shape index (κ3) is 4.64. The first kappa shape index (κ1) is 17.2. The Bertz CT molecular complexity index is 858. The second-order valence-corrected chi connectivity index (χ2v) is 7.18. The van der Waals surface area contributed by atoms with Crippen molar-refractivity contribution in [3.63, 3.8) is 0 Å². The van der Waals surface area contributed by atoms with Crippen molar-refractivity contribution < 1.29 is 17.6 Å². The summed E-state index contributed by atoms with van der Waals surface area (Å²) in [6.07, 6.45) is 3.46. The molecule has 2 rings (SSSR count). The highest BCUT2D eigenvalue weighted by Gasteiger charge is 2.08. The maximum atomic E-state index is 13.6. The summed E-state index contributed by atoms with van der Waals surface area (Å²) in [7, 11) is -3.36. The molecule has 7 heteroatoms. The van der Waals surface area contributed by atoms with Gasteiger partial charge in [0.2, 0.25) is 5.91 Å². The van der Waals surface area contributed by atoms with E-state index in [2.05, 4.69) is 5.32 Å². The number of rotatable bonds is 4. The molecule has 0 unspecified atom stereocenters. The van der Waals surface area contributed by atoms with Crippen molar-refractivity contribution in [1.82, 2.24) is 0 Å². The van der Waals surface area contributed by atoms with Gasteiger partial charge in [0.1, 0.15) is 5.82 Å². The van der Waals surface area contributed by atoms with E-state index in [0.29, 0.717) is 5.69 Å². The lowest BCUT2D eigenvalue weighted by molar-refractivity contribution is -0.111. The van der Waals surface area contributed by atoms with Crippen molar-refractivity contribution in [2.75, 3.05) is 11.6 Å². The van der Waals surface area contributed by atoms with Gasteiger partial charge in [-0.25, -0.2) is 12.8 Å². The van der Waals surface area contributed by atoms with Gasteiger partial charge in [0.15, 0.2) is 9.84 Å². The van der Waals surface area contributed by atoms with Crippen LogP contribution in [0.1, 0.15) is 5.56 Å². The average Bonchev–Trinajstić information content (AvgIpc) is 2.46. The summed E-state index contributed by atoms with van der Waals surface area (Å²) in [5, 5.41) is 2.70. The van der Waals surface area contributed by atoms with Crippen LogP contribution in [0.15, 0.2) is 53.4 Å². The molecule has 1 N–H and O–H groups in total. The van der Waals surface area contributed by atoms with E-state index in [1.807, 2.05) is 0 Å². The third-order valence-corrected chi connectivity index (χ3v) is 4.37. The van der Waals surface area contributed by atoms with E-state index in [1.165, 1.54) is 42.5 Å². The molecular formula is C16H13ClFNO3S. The van der Waals surface area contributed by atoms with Gasteiger partial charge in [-0.3, -0.25) is 4.79 Å². The van der Waals surface area contributed by atoms with Crippen LogP contribution in [-0.4, -0.2) is 20.6 Å². The van der Waals surface area contributed by atoms with E-state index in [1.54, 1.807) is 6.07 Å². The summed E-state index contributed by atoms with van der Waals surface area (Å²) in [5.41, 5.74) is 0.427. The summed E-state index contributed by atoms with van der Waals surface area (Å²) in [6.45, 7) is 0. The van der Waals surface area contributed by atoms with E-state index in [9.17, 15) is 17.6 Å². The first-order valence-corrected chi connectivity index (χ1v) is 8.77. The average molecular weight is 354 g/mol. The molecule has 0 spiro atoms. The topological polar surface area (TPSA) is 63.2 Å². The minimum absolute atomic E-state index is 0.0939. The van der Waals surface area contributed by atoms with Gasteiger partial charge in [-0.05, 0) is 36.4 Å². The summed E-state index contributed by atoms with van der Waals surface area (Å²) >= 11 is 5.85. The molecule has 120 valence electrons. The fraction of sp³-hybridized carbons (Fsp3) is 0.0625. The number of benzene rings is 2. The van der Waals surface area contributed by atoms with Crippen molar-refractivity contribution >= 4 is 39.1 Å². The zero-order valence-electron chi connectivity index (χ0n) is 12.1. The molecular weight excluding hydrogens is 341 g/mol. The molecule has 2 aromatic rings. The van der Waals surface area contributed by atoms with Crippen molar-refractivity contribution in [1.29, 1.82) is 0 Å². The molecule has 0 heterocycles. The van der Waals surface area contributed by atoms with Crippen molar-refractivity contribution in [2.24, 2.45) is 0 Å². The van der Waals surface area contributed by atoms with Gasteiger partial charge in [0, 0.05) is 23.6 Å². The van der Waals surface area contributed by atoms with Crippen LogP contribution in [0, 0.1) is 5.82 Å². The predicted molar refractivity (Wildman–Crippen MR) is 88.6 cm³/mol. The first-order valence-electron chi connectivity index (χ1n) is 6.50. The molecule has 0 aromatic heterocycles. The molecule has 0 radical (unpaired) electrons. The minimum Gasteiger partial charge on any atom is -0.322 e. The monoisotopic (exact) mass is 353 g/mol. The lowest BCUT2D eigenvalue weighted by Gasteiger charge is -2.05. The SMILES string of the molecule is CS(=O)(=O)c1cccc(NC(=O)/C=C/c2c(F)cccc2Cl)c1. The fourth-order valence-electron chi connectivity index (χ4n) is 1.82. The Morgan fingerprint density at radius 2 is 1.91 bits per heavy atom. The van der Waals surface area contributed by atoms with Gasteiger partial charge < -0.3 is 5.32 Å². The van der Waals surface area contributed by atoms with Crippen LogP contribution < -0.4 is 5.32 Å². The lowest BCUT2D eigenvalue weighted by atomic mass is 10.2. The smallest absolute Gasteiger partial charge is 0.248 e. The Morgan fingerprint density at radius 1 is 1.22 bits per heavy atom. The molecule has 0 aliphatic rings. The number of carbonyl (C=O) groups is 1. The van der Waals surface area contributed by atoms with Crippen LogP contribution in [0.4, 0.5) is 10.1 Å². The second-order valence-electron chi connectivity index (χ2n) is 4.76. The number of anilines is 1. The molecule has 23 heavy (non-hydrogen) atoms. The van der Waals surface area contributed by atoms with Gasteiger partial charge in [-0.1, -0.05) is 23.7 Å². The Hall–Kier alpha value is -2.18. The maximum absolute atomic E-state index is 13.6. The number of nitrogens with one attached hydrogen (secondary N) is 1. The van der Waals surface area contributed by atoms with Crippen molar-refractivity contribution in [2.45, 2.75) is 4.90 Å². The van der Waals surface area contributed by atoms with Crippen LogP contribution >= 0.6 is 11.6 Å². The highest BCUT2D eigenvalue weighted by Crippen LogP contribution is 2.20. The highest BCUT2D eigenvalue weighted by molar-refractivity contribution is 7.90. The van der Waals surface area contributed by atoms with Gasteiger partial charge in [-0.2, -0.15) is 0 Å². The second kappa shape index (κ2) is 6.93. The molecule has 0 saturated heterocycles. The van der Waals surface area contributed by atoms with Gasteiger partial charge in [0.05, 0.1) is 9.92 Å². The largest absolute Gasteiger partial charge is 0.322 e. The first-order chi connectivity index (χ1) is 10.8. The molecule has 0 atom stereocenters. The summed E-state index contributed by atoms with van der Waals surface area (Å²) < 4.78 is 36.5. The number of sulfone groups is 1. The molecule has 0 aliphatic heterocycles.